The number of aromatic nitrogens is 3. The van der Waals surface area contributed by atoms with Crippen LogP contribution in [-0.2, 0) is 11.3 Å². The molecule has 0 unspecified atom stereocenters. The lowest BCUT2D eigenvalue weighted by atomic mass is 10.00. The molecule has 2 aromatic carbocycles. The highest BCUT2D eigenvalue weighted by Gasteiger charge is 2.24. The van der Waals surface area contributed by atoms with Crippen molar-refractivity contribution in [1.82, 2.24) is 20.1 Å². The van der Waals surface area contributed by atoms with Gasteiger partial charge in [0.2, 0.25) is 0 Å². The van der Waals surface area contributed by atoms with E-state index in [9.17, 15) is 15.2 Å². The highest BCUT2D eigenvalue weighted by molar-refractivity contribution is 5.83. The number of nitrogens with one attached hydrogen (secondary N) is 3. The third-order valence-electron chi connectivity index (χ3n) is 6.13. The molecular weight excluding hydrogens is 505 g/mol. The second-order valence-electron chi connectivity index (χ2n) is 8.72. The van der Waals surface area contributed by atoms with Gasteiger partial charge in [-0.3, -0.25) is 4.68 Å². The largest absolute Gasteiger partial charge is 0.497 e. The molecule has 0 saturated heterocycles. The number of anilines is 3. The number of rotatable bonds is 11. The third kappa shape index (κ3) is 6.34. The maximum absolute atomic E-state index is 15.1. The average Bonchev–Trinajstić information content (AvgIpc) is 3.33. The van der Waals surface area contributed by atoms with Gasteiger partial charge >= 0.3 is 6.09 Å². The summed E-state index contributed by atoms with van der Waals surface area (Å²) in [7, 11) is 3.16. The van der Waals surface area contributed by atoms with E-state index >= 15 is 4.39 Å². The van der Waals surface area contributed by atoms with Gasteiger partial charge in [-0.2, -0.15) is 10.4 Å². The molecule has 4 N–H and O–H groups in total. The van der Waals surface area contributed by atoms with Crippen molar-refractivity contribution >= 4 is 34.3 Å². The molecule has 1 amide bonds. The molecule has 0 bridgehead atoms. The van der Waals surface area contributed by atoms with Crippen LogP contribution < -0.4 is 20.7 Å². The van der Waals surface area contributed by atoms with Crippen molar-refractivity contribution in [2.24, 2.45) is 0 Å². The number of hydrogen-bond acceptors (Lipinski definition) is 8. The van der Waals surface area contributed by atoms with E-state index < -0.39 is 24.0 Å². The van der Waals surface area contributed by atoms with E-state index in [4.69, 9.17) is 9.47 Å². The Morgan fingerprint density at radius 2 is 1.95 bits per heavy atom. The molecule has 0 aliphatic heterocycles. The van der Waals surface area contributed by atoms with Gasteiger partial charge in [-0.25, -0.2) is 14.2 Å². The second-order valence-corrected chi connectivity index (χ2v) is 8.72. The van der Waals surface area contributed by atoms with Gasteiger partial charge < -0.3 is 30.5 Å². The van der Waals surface area contributed by atoms with Crippen LogP contribution in [0.3, 0.4) is 0 Å². The lowest BCUT2D eigenvalue weighted by Crippen LogP contribution is -2.39. The van der Waals surface area contributed by atoms with E-state index in [1.165, 1.54) is 7.11 Å². The Balaban J connectivity index is 1.65. The lowest BCUT2D eigenvalue weighted by Gasteiger charge is -2.26. The highest BCUT2D eigenvalue weighted by Crippen LogP contribution is 2.29. The van der Waals surface area contributed by atoms with Gasteiger partial charge in [0.25, 0.3) is 0 Å². The zero-order chi connectivity index (χ0) is 27.9. The number of nitriles is 1. The molecule has 0 aliphatic rings. The summed E-state index contributed by atoms with van der Waals surface area (Å²) in [5.74, 6) is -0.149. The molecule has 2 heterocycles. The molecule has 12 heteroatoms. The minimum absolute atomic E-state index is 0.00615. The molecular formula is C27H28FN7O4. The summed E-state index contributed by atoms with van der Waals surface area (Å²) in [6.07, 6.45) is 0.502. The minimum Gasteiger partial charge on any atom is -0.497 e. The maximum atomic E-state index is 15.1. The summed E-state index contributed by atoms with van der Waals surface area (Å²) in [6, 6.07) is 14.2. The van der Waals surface area contributed by atoms with Gasteiger partial charge in [0.05, 0.1) is 49.6 Å². The van der Waals surface area contributed by atoms with E-state index in [1.807, 2.05) is 29.0 Å². The number of carbonyl (C=O) groups is 1. The topological polar surface area (TPSA) is 146 Å². The van der Waals surface area contributed by atoms with Crippen molar-refractivity contribution < 1.29 is 23.8 Å². The Bertz CT molecular complexity index is 1500. The first-order valence-corrected chi connectivity index (χ1v) is 12.0. The molecule has 0 aliphatic carbocycles. The summed E-state index contributed by atoms with van der Waals surface area (Å²) in [6.45, 7) is 2.78. The van der Waals surface area contributed by atoms with Crippen molar-refractivity contribution in [2.75, 3.05) is 31.5 Å². The number of fused-ring (bicyclic) bond motifs is 1. The van der Waals surface area contributed by atoms with E-state index in [-0.39, 0.29) is 17.2 Å². The number of benzene rings is 2. The summed E-state index contributed by atoms with van der Waals surface area (Å²) in [5.41, 5.74) is 2.22. The van der Waals surface area contributed by atoms with Crippen LogP contribution in [0.2, 0.25) is 0 Å². The molecule has 11 nitrogen and oxygen atoms in total. The molecule has 4 aromatic rings. The van der Waals surface area contributed by atoms with Crippen molar-refractivity contribution in [2.45, 2.75) is 25.6 Å². The van der Waals surface area contributed by atoms with E-state index in [0.717, 1.165) is 17.0 Å². The van der Waals surface area contributed by atoms with Gasteiger partial charge in [-0.15, -0.1) is 0 Å². The Morgan fingerprint density at radius 1 is 1.18 bits per heavy atom. The number of pyridine rings is 1. The minimum atomic E-state index is -1.22. The summed E-state index contributed by atoms with van der Waals surface area (Å²) < 4.78 is 27.3. The fourth-order valence-corrected chi connectivity index (χ4v) is 4.16. The molecule has 4 rings (SSSR count). The lowest BCUT2D eigenvalue weighted by molar-refractivity contribution is 0.185. The fraction of sp³-hybridized carbons (Fsp3) is 0.259. The van der Waals surface area contributed by atoms with Crippen LogP contribution in [0.25, 0.3) is 10.9 Å². The predicted octanol–water partition coefficient (Wildman–Crippen LogP) is 4.65. The van der Waals surface area contributed by atoms with Crippen molar-refractivity contribution in [3.8, 4) is 11.8 Å². The number of hydrogen-bond donors (Lipinski definition) is 4. The molecule has 202 valence electrons. The van der Waals surface area contributed by atoms with Crippen molar-refractivity contribution in [1.29, 1.82) is 5.26 Å². The molecule has 39 heavy (non-hydrogen) atoms. The molecule has 2 atom stereocenters. The standard InChI is InChI=1S/C27H28FN7O4/c1-16(31-27(36)37)24(17-4-7-21(39-3)8-5-17)33-26-22(28)13-18(14-29)25(34-26)32-20-6-9-23-19(12-20)15-30-35(23)10-11-38-2/h4-9,12-13,15-16,24,31H,10-11H2,1-3H3,(H,36,37)(H2,32,33,34)/t16-,24-/m0/s1. The van der Waals surface area contributed by atoms with Gasteiger partial charge in [-0.05, 0) is 48.9 Å². The second kappa shape index (κ2) is 12.1. The van der Waals surface area contributed by atoms with Crippen LogP contribution in [0.1, 0.15) is 24.1 Å². The third-order valence-corrected chi connectivity index (χ3v) is 6.13. The van der Waals surface area contributed by atoms with Gasteiger partial charge in [0, 0.05) is 18.2 Å². The summed E-state index contributed by atoms with van der Waals surface area (Å²) >= 11 is 0. The molecule has 2 aromatic heterocycles. The van der Waals surface area contributed by atoms with Crippen LogP contribution in [0.4, 0.5) is 26.5 Å². The number of halogens is 1. The zero-order valence-electron chi connectivity index (χ0n) is 21.6. The number of methoxy groups -OCH3 is 2. The molecule has 0 saturated carbocycles. The number of amides is 1. The van der Waals surface area contributed by atoms with E-state index in [1.54, 1.807) is 44.5 Å². The summed E-state index contributed by atoms with van der Waals surface area (Å²) in [5, 5.41) is 32.7. The first-order valence-electron chi connectivity index (χ1n) is 12.0. The first-order chi connectivity index (χ1) is 18.8. The smallest absolute Gasteiger partial charge is 0.404 e. The highest BCUT2D eigenvalue weighted by atomic mass is 19.1. The predicted molar refractivity (Wildman–Crippen MR) is 144 cm³/mol. The first kappa shape index (κ1) is 27.2. The van der Waals surface area contributed by atoms with Gasteiger partial charge in [0.1, 0.15) is 11.8 Å². The Hall–Kier alpha value is -4.89. The molecule has 0 fully saturated rings. The molecule has 0 spiro atoms. The maximum Gasteiger partial charge on any atom is 0.404 e. The van der Waals surface area contributed by atoms with Gasteiger partial charge in [-0.1, -0.05) is 12.1 Å². The SMILES string of the molecule is COCCn1ncc2cc(Nc3nc(N[C@H](c4ccc(OC)cc4)[C@H](C)NC(=O)O)c(F)cc3C#N)ccc21. The van der Waals surface area contributed by atoms with Crippen molar-refractivity contribution in [3.63, 3.8) is 0 Å². The van der Waals surface area contributed by atoms with Crippen LogP contribution in [0.15, 0.2) is 54.7 Å². The van der Waals surface area contributed by atoms with Crippen LogP contribution in [-0.4, -0.2) is 52.8 Å². The normalized spacial score (nSPS) is 12.4. The zero-order valence-corrected chi connectivity index (χ0v) is 21.6. The summed E-state index contributed by atoms with van der Waals surface area (Å²) in [4.78, 5) is 15.7. The van der Waals surface area contributed by atoms with Crippen LogP contribution in [0.5, 0.6) is 5.75 Å². The van der Waals surface area contributed by atoms with E-state index in [2.05, 4.69) is 26.0 Å². The van der Waals surface area contributed by atoms with Crippen LogP contribution in [0, 0.1) is 17.1 Å². The Kier molecular flexibility index (Phi) is 8.43. The average molecular weight is 534 g/mol. The monoisotopic (exact) mass is 533 g/mol. The number of ether oxygens (including phenoxy) is 2. The Morgan fingerprint density at radius 3 is 2.62 bits per heavy atom. The fourth-order valence-electron chi connectivity index (χ4n) is 4.16. The van der Waals surface area contributed by atoms with Gasteiger partial charge in [0.15, 0.2) is 17.5 Å². The Labute approximate surface area is 224 Å². The van der Waals surface area contributed by atoms with Crippen molar-refractivity contribution in [3.05, 3.63) is 71.7 Å². The number of carboxylic acid groups (broad SMARTS) is 1. The molecule has 0 radical (unpaired) electrons. The quantitative estimate of drug-likeness (QED) is 0.216. The van der Waals surface area contributed by atoms with Crippen LogP contribution >= 0.6 is 0 Å². The number of nitrogens with zero attached hydrogens (tertiary/aromatic N) is 4. The van der Waals surface area contributed by atoms with E-state index in [0.29, 0.717) is 30.2 Å².